The Bertz CT molecular complexity index is 1170. The van der Waals surface area contributed by atoms with E-state index in [1.807, 2.05) is 24.3 Å². The van der Waals surface area contributed by atoms with Crippen LogP contribution in [-0.4, -0.2) is 9.85 Å². The molecule has 0 fully saturated rings. The van der Waals surface area contributed by atoms with Gasteiger partial charge in [0.1, 0.15) is 21.0 Å². The molecule has 0 saturated carbocycles. The molecule has 5 rings (SSSR count). The van der Waals surface area contributed by atoms with Crippen LogP contribution < -0.4 is 0 Å². The lowest BCUT2D eigenvalue weighted by atomic mass is 9.74. The molecule has 0 heterocycles. The Morgan fingerprint density at radius 2 is 1.58 bits per heavy atom. The molecule has 6 heteroatoms. The Morgan fingerprint density at radius 3 is 2.35 bits per heavy atom. The molecular formula is C20H12N2O4. The summed E-state index contributed by atoms with van der Waals surface area (Å²) in [7, 11) is 0. The summed E-state index contributed by atoms with van der Waals surface area (Å²) in [6, 6.07) is 13.8. The molecular weight excluding hydrogens is 332 g/mol. The third-order valence-corrected chi connectivity index (χ3v) is 5.41. The largest absolute Gasteiger partial charge is 0.511 e. The molecule has 126 valence electrons. The molecule has 0 unspecified atom stereocenters. The van der Waals surface area contributed by atoms with Crippen LogP contribution in [0, 0.1) is 20.2 Å². The van der Waals surface area contributed by atoms with Gasteiger partial charge >= 0.3 is 5.66 Å². The maximum absolute atomic E-state index is 12.1. The average molecular weight is 344 g/mol. The Hall–Kier alpha value is -3.54. The Kier molecular flexibility index (Phi) is 2.70. The molecule has 26 heavy (non-hydrogen) atoms. The molecule has 0 atom stereocenters. The first-order valence-corrected chi connectivity index (χ1v) is 8.21. The summed E-state index contributed by atoms with van der Waals surface area (Å²) >= 11 is 0. The van der Waals surface area contributed by atoms with Gasteiger partial charge in [0.15, 0.2) is 0 Å². The van der Waals surface area contributed by atoms with Crippen molar-refractivity contribution >= 4 is 16.8 Å². The zero-order valence-corrected chi connectivity index (χ0v) is 13.5. The number of hydrogen-bond acceptors (Lipinski definition) is 4. The van der Waals surface area contributed by atoms with E-state index in [0.717, 1.165) is 22.1 Å². The molecule has 0 saturated heterocycles. The third kappa shape index (κ3) is 1.52. The first-order valence-electron chi connectivity index (χ1n) is 8.21. The SMILES string of the molecule is O=[N+]([O-])C1([N+](=O)[O-])c2ccccc2-c2ccc3c4c(ccc1c24)C=CC3. The topological polar surface area (TPSA) is 86.3 Å². The number of benzene rings is 3. The molecule has 0 amide bonds. The molecule has 3 aromatic carbocycles. The van der Waals surface area contributed by atoms with Gasteiger partial charge in [-0.1, -0.05) is 48.6 Å². The lowest BCUT2D eigenvalue weighted by molar-refractivity contribution is -0.796. The van der Waals surface area contributed by atoms with Gasteiger partial charge in [-0.15, -0.1) is 0 Å². The van der Waals surface area contributed by atoms with E-state index in [4.69, 9.17) is 0 Å². The number of rotatable bonds is 2. The van der Waals surface area contributed by atoms with Gasteiger partial charge in [0.2, 0.25) is 0 Å². The van der Waals surface area contributed by atoms with E-state index in [0.29, 0.717) is 17.4 Å². The second kappa shape index (κ2) is 4.76. The second-order valence-electron chi connectivity index (χ2n) is 6.56. The first-order chi connectivity index (χ1) is 12.6. The van der Waals surface area contributed by atoms with Gasteiger partial charge in [-0.25, -0.2) is 0 Å². The van der Waals surface area contributed by atoms with E-state index in [-0.39, 0.29) is 11.1 Å². The van der Waals surface area contributed by atoms with Crippen molar-refractivity contribution in [1.82, 2.24) is 0 Å². The number of allylic oxidation sites excluding steroid dienone is 1. The molecule has 0 aliphatic heterocycles. The number of nitro groups is 2. The standard InChI is InChI=1S/C20H12N2O4/c23-21(24)20(22(25)26)16-7-2-1-6-14(16)15-10-8-12-4-3-5-13-9-11-17(20)19(15)18(12)13/h1-3,5-11H,4H2. The van der Waals surface area contributed by atoms with E-state index >= 15 is 0 Å². The van der Waals surface area contributed by atoms with Crippen molar-refractivity contribution in [3.63, 3.8) is 0 Å². The Morgan fingerprint density at radius 1 is 0.808 bits per heavy atom. The summed E-state index contributed by atoms with van der Waals surface area (Å²) in [5.41, 5.74) is 1.07. The van der Waals surface area contributed by atoms with E-state index in [9.17, 15) is 20.2 Å². The minimum absolute atomic E-state index is 0.108. The number of hydrogen-bond donors (Lipinski definition) is 0. The molecule has 0 radical (unpaired) electrons. The van der Waals surface area contributed by atoms with Crippen molar-refractivity contribution in [2.45, 2.75) is 12.1 Å². The second-order valence-corrected chi connectivity index (χ2v) is 6.56. The molecule has 2 aliphatic rings. The summed E-state index contributed by atoms with van der Waals surface area (Å²) < 4.78 is 0. The Labute approximate surface area is 147 Å². The summed E-state index contributed by atoms with van der Waals surface area (Å²) in [6.07, 6.45) is 4.71. The van der Waals surface area contributed by atoms with Gasteiger partial charge in [-0.2, -0.15) is 0 Å². The number of fused-ring (bicyclic) bond motifs is 2. The lowest BCUT2D eigenvalue weighted by Crippen LogP contribution is -2.46. The summed E-state index contributed by atoms with van der Waals surface area (Å²) in [5.74, 6) is 0. The molecule has 0 spiro atoms. The van der Waals surface area contributed by atoms with E-state index in [2.05, 4.69) is 0 Å². The predicted octanol–water partition coefficient (Wildman–Crippen LogP) is 4.14. The monoisotopic (exact) mass is 344 g/mol. The third-order valence-electron chi connectivity index (χ3n) is 5.41. The fourth-order valence-corrected chi connectivity index (χ4v) is 4.36. The van der Waals surface area contributed by atoms with Crippen molar-refractivity contribution < 1.29 is 9.85 Å². The fourth-order valence-electron chi connectivity index (χ4n) is 4.36. The molecule has 2 aliphatic carbocycles. The fraction of sp³-hybridized carbons (Fsp3) is 0.100. The van der Waals surface area contributed by atoms with Crippen LogP contribution in [0.1, 0.15) is 22.3 Å². The molecule has 0 aromatic heterocycles. The van der Waals surface area contributed by atoms with Crippen molar-refractivity contribution in [1.29, 1.82) is 0 Å². The molecule has 3 aromatic rings. The zero-order valence-electron chi connectivity index (χ0n) is 13.5. The number of nitrogens with zero attached hydrogens (tertiary/aromatic N) is 2. The van der Waals surface area contributed by atoms with Crippen LogP contribution in [0.2, 0.25) is 0 Å². The van der Waals surface area contributed by atoms with Crippen LogP contribution in [0.3, 0.4) is 0 Å². The van der Waals surface area contributed by atoms with Crippen LogP contribution in [0.25, 0.3) is 28.0 Å². The van der Waals surface area contributed by atoms with E-state index in [1.54, 1.807) is 30.3 Å². The molecule has 0 bridgehead atoms. The van der Waals surface area contributed by atoms with Gasteiger partial charge in [-0.3, -0.25) is 20.2 Å². The van der Waals surface area contributed by atoms with Gasteiger partial charge in [-0.05, 0) is 40.6 Å². The summed E-state index contributed by atoms with van der Waals surface area (Å²) in [5, 5.41) is 25.8. The van der Waals surface area contributed by atoms with Crippen LogP contribution >= 0.6 is 0 Å². The Balaban J connectivity index is 2.09. The quantitative estimate of drug-likeness (QED) is 0.397. The lowest BCUT2D eigenvalue weighted by Gasteiger charge is -2.28. The maximum atomic E-state index is 12.1. The average Bonchev–Trinajstić information content (AvgIpc) is 2.65. The van der Waals surface area contributed by atoms with Crippen LogP contribution in [0.15, 0.2) is 54.6 Å². The van der Waals surface area contributed by atoms with Crippen molar-refractivity contribution in [3.8, 4) is 11.1 Å². The van der Waals surface area contributed by atoms with Gasteiger partial charge in [0, 0.05) is 10.9 Å². The minimum atomic E-state index is -2.50. The van der Waals surface area contributed by atoms with E-state index in [1.165, 1.54) is 6.07 Å². The van der Waals surface area contributed by atoms with Crippen LogP contribution in [0.4, 0.5) is 0 Å². The van der Waals surface area contributed by atoms with Crippen LogP contribution in [0.5, 0.6) is 0 Å². The van der Waals surface area contributed by atoms with Crippen molar-refractivity contribution in [3.05, 3.63) is 97.1 Å². The molecule has 0 N–H and O–H groups in total. The highest BCUT2D eigenvalue weighted by Crippen LogP contribution is 2.51. The van der Waals surface area contributed by atoms with Crippen molar-refractivity contribution in [2.75, 3.05) is 0 Å². The van der Waals surface area contributed by atoms with Gasteiger partial charge in [0.05, 0.1) is 0 Å². The maximum Gasteiger partial charge on any atom is 0.511 e. The van der Waals surface area contributed by atoms with Gasteiger partial charge in [0.25, 0.3) is 0 Å². The summed E-state index contributed by atoms with van der Waals surface area (Å²) in [4.78, 5) is 22.7. The first kappa shape index (κ1) is 14.8. The van der Waals surface area contributed by atoms with E-state index < -0.39 is 15.5 Å². The summed E-state index contributed by atoms with van der Waals surface area (Å²) in [6.45, 7) is 0. The molecule has 6 nitrogen and oxygen atoms in total. The predicted molar refractivity (Wildman–Crippen MR) is 96.9 cm³/mol. The van der Waals surface area contributed by atoms with Crippen LogP contribution in [-0.2, 0) is 12.1 Å². The van der Waals surface area contributed by atoms with Crippen molar-refractivity contribution in [2.24, 2.45) is 0 Å². The minimum Gasteiger partial charge on any atom is -0.258 e. The normalized spacial score (nSPS) is 15.5. The zero-order chi connectivity index (χ0) is 18.1. The smallest absolute Gasteiger partial charge is 0.258 e. The highest BCUT2D eigenvalue weighted by molar-refractivity contribution is 6.08. The highest BCUT2D eigenvalue weighted by atomic mass is 16.7. The van der Waals surface area contributed by atoms with Gasteiger partial charge < -0.3 is 0 Å². The highest BCUT2D eigenvalue weighted by Gasteiger charge is 2.64.